The molecule has 0 atom stereocenters. The average molecular weight is 619 g/mol. The van der Waals surface area contributed by atoms with Gasteiger partial charge in [0.15, 0.2) is 0 Å². The minimum absolute atomic E-state index is 0. The predicted molar refractivity (Wildman–Crippen MR) is 174 cm³/mol. The number of rotatable bonds is 7. The van der Waals surface area contributed by atoms with E-state index in [-0.39, 0.29) is 23.0 Å². The molecule has 2 N–H and O–H groups in total. The molecule has 6 rings (SSSR count). The number of likely N-dealkylation sites (N-methyl/N-ethyl adjacent to an activating group) is 2. The summed E-state index contributed by atoms with van der Waals surface area (Å²) in [5.41, 5.74) is 8.82. The van der Waals surface area contributed by atoms with Crippen LogP contribution in [0.2, 0.25) is 0 Å². The Labute approximate surface area is 261 Å². The zero-order valence-electron chi connectivity index (χ0n) is 25.5. The fourth-order valence-corrected chi connectivity index (χ4v) is 5.81. The van der Waals surface area contributed by atoms with Crippen LogP contribution in [0.15, 0.2) is 36.4 Å². The van der Waals surface area contributed by atoms with Crippen LogP contribution in [-0.2, 0) is 0 Å². The first-order chi connectivity index (χ1) is 20.4. The highest BCUT2D eigenvalue weighted by Crippen LogP contribution is 2.35. The van der Waals surface area contributed by atoms with Crippen molar-refractivity contribution < 1.29 is 14.4 Å². The van der Waals surface area contributed by atoms with Crippen LogP contribution in [-0.4, -0.2) is 143 Å². The second-order valence-corrected chi connectivity index (χ2v) is 11.6. The van der Waals surface area contributed by atoms with Crippen LogP contribution in [0.25, 0.3) is 0 Å². The lowest BCUT2D eigenvalue weighted by atomic mass is 10.2. The fraction of sp³-hybridized carbons (Fsp3) is 0.600. The number of ether oxygens (including phenoxy) is 2. The lowest BCUT2D eigenvalue weighted by molar-refractivity contribution is -0.384. The van der Waals surface area contributed by atoms with Crippen molar-refractivity contribution in [2.45, 2.75) is 0 Å². The molecule has 2 aromatic carbocycles. The Bertz CT molecular complexity index is 1190. The van der Waals surface area contributed by atoms with E-state index in [1.165, 1.54) is 37.9 Å². The maximum Gasteiger partial charge on any atom is 0.273 e. The molecule has 2 aromatic rings. The van der Waals surface area contributed by atoms with Crippen molar-refractivity contribution in [2.24, 2.45) is 0 Å². The van der Waals surface area contributed by atoms with Crippen LogP contribution in [0.3, 0.4) is 0 Å². The van der Waals surface area contributed by atoms with Crippen LogP contribution in [0.5, 0.6) is 11.5 Å². The molecule has 0 unspecified atom stereocenters. The number of anilines is 3. The van der Waals surface area contributed by atoms with Gasteiger partial charge in [0.05, 0.1) is 35.5 Å². The summed E-state index contributed by atoms with van der Waals surface area (Å²) in [6.07, 6.45) is 0. The molecule has 0 bridgehead atoms. The van der Waals surface area contributed by atoms with E-state index in [0.717, 1.165) is 89.2 Å². The molecule has 43 heavy (non-hydrogen) atoms. The van der Waals surface area contributed by atoms with Crippen LogP contribution < -0.4 is 25.0 Å². The van der Waals surface area contributed by atoms with Gasteiger partial charge >= 0.3 is 0 Å². The molecule has 13 heteroatoms. The van der Waals surface area contributed by atoms with E-state index >= 15 is 0 Å². The van der Waals surface area contributed by atoms with E-state index in [1.807, 2.05) is 12.1 Å². The molecule has 4 heterocycles. The molecule has 12 nitrogen and oxygen atoms in total. The molecular weight excluding hydrogens is 572 g/mol. The van der Waals surface area contributed by atoms with Crippen molar-refractivity contribution in [3.05, 3.63) is 46.5 Å². The maximum atomic E-state index is 10.9. The third-order valence-electron chi connectivity index (χ3n) is 8.62. The monoisotopic (exact) mass is 618 g/mol. The molecule has 0 radical (unpaired) electrons. The summed E-state index contributed by atoms with van der Waals surface area (Å²) in [6, 6.07) is 10.8. The largest absolute Gasteiger partial charge is 0.489 e. The first kappa shape index (κ1) is 32.9. The van der Waals surface area contributed by atoms with Crippen molar-refractivity contribution in [2.75, 3.05) is 134 Å². The van der Waals surface area contributed by atoms with Crippen LogP contribution in [0.1, 0.15) is 0 Å². The Balaban J connectivity index is 0.000000193. The minimum atomic E-state index is -0.382. The number of halogens is 1. The van der Waals surface area contributed by atoms with Gasteiger partial charge in [-0.1, -0.05) is 0 Å². The van der Waals surface area contributed by atoms with E-state index in [1.54, 1.807) is 12.1 Å². The smallest absolute Gasteiger partial charge is 0.273 e. The summed E-state index contributed by atoms with van der Waals surface area (Å²) in [4.78, 5) is 24.9. The Morgan fingerprint density at radius 2 is 1.16 bits per heavy atom. The first-order valence-electron chi connectivity index (χ1n) is 15.1. The third-order valence-corrected chi connectivity index (χ3v) is 8.62. The summed E-state index contributed by atoms with van der Waals surface area (Å²) in [6.45, 7) is 16.4. The highest BCUT2D eigenvalue weighted by Gasteiger charge is 2.23. The van der Waals surface area contributed by atoms with E-state index in [2.05, 4.69) is 49.6 Å². The standard InChI is InChI=1S/C15H22N4O3.C15H24N4O.ClH/c1-16-4-6-17(7-5-16)8-9-18-10-11-22-15-12-13(19(20)21)2-3-14(15)18;1-17-4-6-18(7-5-17)8-9-19-10-11-20-15-12-13(16)2-3-14(15)19;/h2-3,12H,4-11H2,1H3;2-3,12H,4-11,16H2,1H3;1H. The molecule has 0 aromatic heterocycles. The van der Waals surface area contributed by atoms with Gasteiger partial charge in [-0.25, -0.2) is 0 Å². The van der Waals surface area contributed by atoms with E-state index in [0.29, 0.717) is 12.4 Å². The lowest BCUT2D eigenvalue weighted by Gasteiger charge is -2.36. The second kappa shape index (κ2) is 15.6. The number of nitrogens with two attached hydrogens (primary N) is 1. The van der Waals surface area contributed by atoms with Gasteiger partial charge in [-0.2, -0.15) is 0 Å². The summed E-state index contributed by atoms with van der Waals surface area (Å²) in [7, 11) is 4.35. The molecule has 0 amide bonds. The quantitative estimate of drug-likeness (QED) is 0.280. The van der Waals surface area contributed by atoms with E-state index < -0.39 is 0 Å². The Hall–Kier alpha value is -3.03. The summed E-state index contributed by atoms with van der Waals surface area (Å²) >= 11 is 0. The molecule has 2 fully saturated rings. The van der Waals surface area contributed by atoms with Gasteiger partial charge in [0.2, 0.25) is 0 Å². The number of nitrogen functional groups attached to an aromatic ring is 1. The summed E-state index contributed by atoms with van der Waals surface area (Å²) in [5, 5.41) is 10.9. The van der Waals surface area contributed by atoms with Crippen molar-refractivity contribution in [3.63, 3.8) is 0 Å². The number of piperazine rings is 2. The van der Waals surface area contributed by atoms with Gasteiger partial charge in [-0.3, -0.25) is 19.9 Å². The average Bonchev–Trinajstić information content (AvgIpc) is 3.00. The summed E-state index contributed by atoms with van der Waals surface area (Å²) in [5.74, 6) is 1.55. The van der Waals surface area contributed by atoms with Gasteiger partial charge < -0.3 is 34.8 Å². The van der Waals surface area contributed by atoms with Gasteiger partial charge in [0, 0.05) is 96.4 Å². The highest BCUT2D eigenvalue weighted by atomic mass is 35.5. The molecule has 0 aliphatic carbocycles. The van der Waals surface area contributed by atoms with Gasteiger partial charge in [-0.15, -0.1) is 12.4 Å². The molecule has 4 aliphatic heterocycles. The first-order valence-corrected chi connectivity index (χ1v) is 15.1. The number of hydrogen-bond donors (Lipinski definition) is 1. The number of nitro benzene ring substituents is 1. The molecule has 0 saturated carbocycles. The predicted octanol–water partition coefficient (Wildman–Crippen LogP) is 2.18. The normalized spacial score (nSPS) is 19.6. The SMILES string of the molecule is CN1CCN(CCN2CCOc3cc(N)ccc32)CC1.CN1CCN(CCN2CCOc3cc([N+](=O)[O-])ccc32)CC1.Cl. The van der Waals surface area contributed by atoms with Crippen LogP contribution in [0.4, 0.5) is 22.7 Å². The fourth-order valence-electron chi connectivity index (χ4n) is 5.81. The summed E-state index contributed by atoms with van der Waals surface area (Å²) < 4.78 is 11.3. The Morgan fingerprint density at radius 3 is 1.65 bits per heavy atom. The molecule has 2 saturated heterocycles. The molecule has 4 aliphatic rings. The van der Waals surface area contributed by atoms with E-state index in [9.17, 15) is 10.1 Å². The number of fused-ring (bicyclic) bond motifs is 2. The number of nitro groups is 1. The zero-order valence-corrected chi connectivity index (χ0v) is 26.3. The number of non-ortho nitro benzene ring substituents is 1. The zero-order chi connectivity index (χ0) is 29.5. The highest BCUT2D eigenvalue weighted by molar-refractivity contribution is 5.85. The number of hydrogen-bond acceptors (Lipinski definition) is 11. The Kier molecular flexibility index (Phi) is 11.9. The van der Waals surface area contributed by atoms with Gasteiger partial charge in [0.1, 0.15) is 24.7 Å². The minimum Gasteiger partial charge on any atom is -0.489 e. The van der Waals surface area contributed by atoms with Crippen LogP contribution in [0, 0.1) is 10.1 Å². The van der Waals surface area contributed by atoms with Crippen molar-refractivity contribution in [3.8, 4) is 11.5 Å². The van der Waals surface area contributed by atoms with Crippen molar-refractivity contribution in [1.29, 1.82) is 0 Å². The van der Waals surface area contributed by atoms with Gasteiger partial charge in [0.25, 0.3) is 5.69 Å². The van der Waals surface area contributed by atoms with Crippen molar-refractivity contribution >= 4 is 35.2 Å². The third kappa shape index (κ3) is 8.99. The lowest BCUT2D eigenvalue weighted by Crippen LogP contribution is -2.47. The molecule has 238 valence electrons. The van der Waals surface area contributed by atoms with Crippen molar-refractivity contribution in [1.82, 2.24) is 19.6 Å². The number of nitrogens with zero attached hydrogens (tertiary/aromatic N) is 7. The molecule has 0 spiro atoms. The number of benzene rings is 2. The maximum absolute atomic E-state index is 10.9. The topological polar surface area (TPSA) is 107 Å². The van der Waals surface area contributed by atoms with E-state index in [4.69, 9.17) is 15.2 Å². The Morgan fingerprint density at radius 1 is 0.698 bits per heavy atom. The van der Waals surface area contributed by atoms with Crippen LogP contribution >= 0.6 is 12.4 Å². The molecular formula is C30H47ClN8O4. The van der Waals surface area contributed by atoms with Gasteiger partial charge in [-0.05, 0) is 32.3 Å². The second-order valence-electron chi connectivity index (χ2n) is 11.6.